The summed E-state index contributed by atoms with van der Waals surface area (Å²) in [6, 6.07) is 0. The molecule has 1 rings (SSSR count). The van der Waals surface area contributed by atoms with Gasteiger partial charge in [0.1, 0.15) is 0 Å². The maximum absolute atomic E-state index is 4.26. The van der Waals surface area contributed by atoms with Crippen molar-refractivity contribution in [3.63, 3.8) is 0 Å². The molecule has 2 unspecified atom stereocenters. The third kappa shape index (κ3) is 2.14. The van der Waals surface area contributed by atoms with E-state index in [2.05, 4.69) is 34.9 Å². The van der Waals surface area contributed by atoms with E-state index in [0.29, 0.717) is 8.10 Å². The van der Waals surface area contributed by atoms with E-state index in [1.54, 1.807) is 0 Å². The van der Waals surface area contributed by atoms with Crippen LogP contribution in [0.2, 0.25) is 0 Å². The summed E-state index contributed by atoms with van der Waals surface area (Å²) in [5.74, 6) is 0. The zero-order chi connectivity index (χ0) is 9.84. The summed E-state index contributed by atoms with van der Waals surface area (Å²) in [5, 5.41) is 0. The Morgan fingerprint density at radius 1 is 1.38 bits per heavy atom. The summed E-state index contributed by atoms with van der Waals surface area (Å²) >= 11 is -0.795. The Bertz CT molecular complexity index is 202. The van der Waals surface area contributed by atoms with Crippen LogP contribution in [0.25, 0.3) is 0 Å². The van der Waals surface area contributed by atoms with Crippen LogP contribution in [0, 0.1) is 0 Å². The number of nitrogens with zero attached hydrogens (tertiary/aromatic N) is 2. The minimum absolute atomic E-state index is 0.237. The van der Waals surface area contributed by atoms with Crippen LogP contribution in [0.1, 0.15) is 0 Å². The molecule has 0 aromatic heterocycles. The molecule has 0 bridgehead atoms. The van der Waals surface area contributed by atoms with E-state index in [1.807, 2.05) is 6.08 Å². The Labute approximate surface area is 97.6 Å². The molecular weight excluding hydrogens is 390 g/mol. The van der Waals surface area contributed by atoms with Crippen LogP contribution >= 0.6 is 19.8 Å². The van der Waals surface area contributed by atoms with E-state index < -0.39 is 19.8 Å². The molecule has 0 spiro atoms. The van der Waals surface area contributed by atoms with Gasteiger partial charge in [0.2, 0.25) is 0 Å². The second kappa shape index (κ2) is 5.43. The fraction of sp³-hybridized carbons (Fsp3) is 0.556. The maximum atomic E-state index is 4.26. The van der Waals surface area contributed by atoms with Crippen LogP contribution < -0.4 is 21.2 Å². The number of aliphatic imine (C=N–C) groups is 2. The van der Waals surface area contributed by atoms with Gasteiger partial charge in [-0.15, -0.1) is 0 Å². The molecule has 13 heavy (non-hydrogen) atoms. The van der Waals surface area contributed by atoms with Crippen molar-refractivity contribution in [3.8, 4) is 0 Å². The molecule has 1 aliphatic rings. The Morgan fingerprint density at radius 2 is 1.92 bits per heavy atom. The molecule has 2 atom stereocenters. The van der Waals surface area contributed by atoms with Gasteiger partial charge in [-0.1, -0.05) is 0 Å². The Morgan fingerprint density at radius 3 is 2.23 bits per heavy atom. The predicted octanol–water partition coefficient (Wildman–Crippen LogP) is -1.17. The standard InChI is InChI=1S/C9H15I2N2/c1-5-6-11-8(12-3)7(10-2)9(11)13-4/h5,7-9H,1,3-4,6H2,2H3/q-1. The van der Waals surface area contributed by atoms with Gasteiger partial charge in [-0.3, -0.25) is 0 Å². The van der Waals surface area contributed by atoms with Crippen LogP contribution in [-0.2, 0) is 0 Å². The molecular formula is C9H15I2N2-. The van der Waals surface area contributed by atoms with E-state index in [9.17, 15) is 0 Å². The third-order valence-electron chi connectivity index (χ3n) is 1.99. The minimum atomic E-state index is -1.03. The summed E-state index contributed by atoms with van der Waals surface area (Å²) in [4.78, 5) is 10.8. The van der Waals surface area contributed by atoms with Crippen molar-refractivity contribution in [3.05, 3.63) is 12.7 Å². The molecule has 0 radical (unpaired) electrons. The summed E-state index contributed by atoms with van der Waals surface area (Å²) in [7, 11) is 0. The fourth-order valence-electron chi connectivity index (χ4n) is 1.39. The molecule has 76 valence electrons. The summed E-state index contributed by atoms with van der Waals surface area (Å²) < 4.78 is 3.04. The number of rotatable bonds is 5. The van der Waals surface area contributed by atoms with Crippen LogP contribution in [-0.4, -0.2) is 34.8 Å². The van der Waals surface area contributed by atoms with Gasteiger partial charge in [-0.05, 0) is 0 Å². The molecule has 1 fully saturated rings. The first-order valence-corrected chi connectivity index (χ1v) is 11.4. The second-order valence-corrected chi connectivity index (χ2v) is 11.2. The Kier molecular flexibility index (Phi) is 4.85. The van der Waals surface area contributed by atoms with Gasteiger partial charge in [0, 0.05) is 0 Å². The van der Waals surface area contributed by atoms with E-state index in [4.69, 9.17) is 0 Å². The van der Waals surface area contributed by atoms with Crippen LogP contribution in [0.5, 0.6) is 0 Å². The number of hydrogen-bond acceptors (Lipinski definition) is 2. The van der Waals surface area contributed by atoms with Crippen molar-refractivity contribution >= 4 is 33.3 Å². The molecule has 2 nitrogen and oxygen atoms in total. The number of hydrogen-bond donors (Lipinski definition) is 0. The van der Waals surface area contributed by atoms with Crippen LogP contribution in [0.15, 0.2) is 22.6 Å². The van der Waals surface area contributed by atoms with Crippen molar-refractivity contribution in [2.75, 3.05) is 9.36 Å². The van der Waals surface area contributed by atoms with Gasteiger partial charge >= 0.3 is 98.5 Å². The average molecular weight is 405 g/mol. The monoisotopic (exact) mass is 405 g/mol. The van der Waals surface area contributed by atoms with E-state index >= 15 is 0 Å². The molecule has 1 heterocycles. The van der Waals surface area contributed by atoms with Crippen molar-refractivity contribution in [1.82, 2.24) is 0 Å². The van der Waals surface area contributed by atoms with Gasteiger partial charge in [-0.2, -0.15) is 0 Å². The molecule has 4 heteroatoms. The quantitative estimate of drug-likeness (QED) is 0.181. The topological polar surface area (TPSA) is 24.7 Å². The number of allylic oxidation sites excluding steroid dienone is 1. The molecule has 0 aromatic carbocycles. The van der Waals surface area contributed by atoms with Crippen LogP contribution in [0.4, 0.5) is 0 Å². The van der Waals surface area contributed by atoms with Crippen molar-refractivity contribution in [1.29, 1.82) is 0 Å². The first-order valence-electron chi connectivity index (χ1n) is 3.93. The summed E-state index contributed by atoms with van der Waals surface area (Å²) in [5.41, 5.74) is 0. The molecule has 0 aliphatic carbocycles. The van der Waals surface area contributed by atoms with E-state index in [1.165, 1.54) is 0 Å². The molecule has 0 aromatic rings. The number of alkyl halides is 5. The molecule has 1 aliphatic heterocycles. The molecule has 1 saturated heterocycles. The van der Waals surface area contributed by atoms with Gasteiger partial charge in [0.25, 0.3) is 0 Å². The SMILES string of the molecule is C=CCI1C(N=C)C([I-]C)C1N=C. The molecule has 0 amide bonds. The van der Waals surface area contributed by atoms with Crippen molar-refractivity contribution in [2.45, 2.75) is 12.0 Å². The zero-order valence-corrected chi connectivity index (χ0v) is 12.1. The van der Waals surface area contributed by atoms with E-state index in [0.717, 1.165) is 8.35 Å². The van der Waals surface area contributed by atoms with Crippen molar-refractivity contribution < 1.29 is 21.2 Å². The summed E-state index contributed by atoms with van der Waals surface area (Å²) in [6.07, 6.45) is 2.02. The van der Waals surface area contributed by atoms with Gasteiger partial charge < -0.3 is 0 Å². The Hall–Kier alpha value is 0.540. The van der Waals surface area contributed by atoms with Crippen LogP contribution in [0.3, 0.4) is 0 Å². The average Bonchev–Trinajstić information content (AvgIpc) is 2.13. The first-order chi connectivity index (χ1) is 6.29. The van der Waals surface area contributed by atoms with Gasteiger partial charge in [-0.25, -0.2) is 0 Å². The first kappa shape index (κ1) is 11.6. The fourth-order valence-corrected chi connectivity index (χ4v) is 16.7. The van der Waals surface area contributed by atoms with E-state index in [-0.39, 0.29) is 21.2 Å². The summed E-state index contributed by atoms with van der Waals surface area (Å²) in [6.45, 7) is 11.2. The normalized spacial score (nSPS) is 35.2. The second-order valence-electron chi connectivity index (χ2n) is 2.65. The third-order valence-corrected chi connectivity index (χ3v) is 14.8. The van der Waals surface area contributed by atoms with Crippen molar-refractivity contribution in [2.24, 2.45) is 9.98 Å². The predicted molar refractivity (Wildman–Crippen MR) is 65.5 cm³/mol. The van der Waals surface area contributed by atoms with Gasteiger partial charge in [0.05, 0.1) is 0 Å². The zero-order valence-electron chi connectivity index (χ0n) is 7.79. The van der Waals surface area contributed by atoms with Gasteiger partial charge in [0.15, 0.2) is 0 Å². The Balaban J connectivity index is 2.66. The molecule has 0 N–H and O–H groups in total. The number of halogens is 2. The molecule has 0 saturated carbocycles.